The van der Waals surface area contributed by atoms with E-state index < -0.39 is 18.0 Å². The Balaban J connectivity index is 0.00000196. The normalized spacial score (nSPS) is 22.9. The van der Waals surface area contributed by atoms with Crippen molar-refractivity contribution in [2.24, 2.45) is 5.92 Å². The first-order chi connectivity index (χ1) is 11.9. The van der Waals surface area contributed by atoms with Crippen molar-refractivity contribution in [2.75, 3.05) is 0 Å². The molecule has 0 bridgehead atoms. The van der Waals surface area contributed by atoms with Crippen LogP contribution in [-0.2, 0) is 9.59 Å². The molecule has 1 aromatic carbocycles. The van der Waals surface area contributed by atoms with Gasteiger partial charge in [0, 0.05) is 16.3 Å². The van der Waals surface area contributed by atoms with Crippen molar-refractivity contribution in [1.82, 2.24) is 9.88 Å². The van der Waals surface area contributed by atoms with Gasteiger partial charge in [-0.3, -0.25) is 4.79 Å². The fourth-order valence-corrected chi connectivity index (χ4v) is 5.81. The molecular weight excluding hydrogens is 407 g/mol. The van der Waals surface area contributed by atoms with Crippen molar-refractivity contribution < 1.29 is 49.4 Å². The second-order valence-electron chi connectivity index (χ2n) is 6.00. The van der Waals surface area contributed by atoms with Gasteiger partial charge in [-0.2, -0.15) is 0 Å². The number of carboxylic acids is 1. The van der Waals surface area contributed by atoms with Crippen LogP contribution in [0.15, 0.2) is 33.1 Å². The molecule has 2 aromatic rings. The molecule has 0 saturated carbocycles. The molecule has 3 atom stereocenters. The average molecular weight is 419 g/mol. The van der Waals surface area contributed by atoms with Crippen LogP contribution in [0.4, 0.5) is 0 Å². The van der Waals surface area contributed by atoms with E-state index in [1.165, 1.54) is 28.0 Å². The van der Waals surface area contributed by atoms with Crippen molar-refractivity contribution in [1.29, 1.82) is 0 Å². The second kappa shape index (κ2) is 7.43. The van der Waals surface area contributed by atoms with Gasteiger partial charge < -0.3 is 19.9 Å². The van der Waals surface area contributed by atoms with Gasteiger partial charge in [0.15, 0.2) is 4.34 Å². The van der Waals surface area contributed by atoms with Gasteiger partial charge in [-0.25, -0.2) is 4.98 Å². The number of amides is 1. The first-order valence-corrected chi connectivity index (χ1v) is 9.57. The summed E-state index contributed by atoms with van der Waals surface area (Å²) >= 11 is 8.63. The van der Waals surface area contributed by atoms with Crippen LogP contribution in [0.25, 0.3) is 10.2 Å². The number of carbonyl (C=O) groups excluding carboxylic acids is 2. The first kappa shape index (κ1) is 20.1. The molecule has 0 spiro atoms. The summed E-state index contributed by atoms with van der Waals surface area (Å²) < 4.78 is 1.62. The zero-order valence-electron chi connectivity index (χ0n) is 13.9. The number of carboxylic acid groups (broad SMARTS) is 1. The van der Waals surface area contributed by atoms with E-state index >= 15 is 0 Å². The van der Waals surface area contributed by atoms with E-state index in [2.05, 4.69) is 4.98 Å². The smallest absolute Gasteiger partial charge is 0.543 e. The molecule has 1 fully saturated rings. The second-order valence-corrected chi connectivity index (χ2v) is 8.81. The number of β-lactam (4-membered cyclic amide) rings is 1. The Morgan fingerprint density at radius 2 is 2.27 bits per heavy atom. The molecule has 0 radical (unpaired) electrons. The molecule has 0 aliphatic carbocycles. The zero-order chi connectivity index (χ0) is 17.9. The number of nitrogens with zero attached hydrogens (tertiary/aromatic N) is 2. The third-order valence-electron chi connectivity index (χ3n) is 4.42. The van der Waals surface area contributed by atoms with E-state index in [0.717, 1.165) is 10.2 Å². The van der Waals surface area contributed by atoms with E-state index in [-0.39, 0.29) is 47.2 Å². The van der Waals surface area contributed by atoms with E-state index in [1.54, 1.807) is 19.1 Å². The Bertz CT molecular complexity index is 945. The molecule has 10 heteroatoms. The molecule has 2 aliphatic heterocycles. The number of carbonyl (C=O) groups is 2. The fourth-order valence-electron chi connectivity index (χ4n) is 3.34. The predicted molar refractivity (Wildman–Crippen MR) is 92.9 cm³/mol. The number of aliphatic hydroxyl groups excluding tert-OH is 1. The zero-order valence-corrected chi connectivity index (χ0v) is 18.3. The minimum atomic E-state index is -1.38. The summed E-state index contributed by atoms with van der Waals surface area (Å²) in [6.45, 7) is 1.54. The monoisotopic (exact) mass is 418 g/mol. The molecule has 1 aromatic heterocycles. The van der Waals surface area contributed by atoms with Gasteiger partial charge in [-0.15, -0.1) is 11.3 Å². The van der Waals surface area contributed by atoms with E-state index in [1.807, 2.05) is 6.07 Å². The van der Waals surface area contributed by atoms with Crippen molar-refractivity contribution in [3.05, 3.63) is 33.8 Å². The van der Waals surface area contributed by atoms with Gasteiger partial charge in [0.25, 0.3) is 0 Å². The minimum absolute atomic E-state index is 0. The average Bonchev–Trinajstić information content (AvgIpc) is 3.05. The molecule has 130 valence electrons. The summed E-state index contributed by atoms with van der Waals surface area (Å²) in [4.78, 5) is 30.0. The number of rotatable bonds is 4. The van der Waals surface area contributed by atoms with E-state index in [0.29, 0.717) is 20.7 Å². The predicted octanol–water partition coefficient (Wildman–Crippen LogP) is -1.38. The van der Waals surface area contributed by atoms with Crippen molar-refractivity contribution in [3.63, 3.8) is 0 Å². The summed E-state index contributed by atoms with van der Waals surface area (Å²) in [5, 5.41) is 21.9. The van der Waals surface area contributed by atoms with Crippen LogP contribution in [-0.4, -0.2) is 39.0 Å². The van der Waals surface area contributed by atoms with Crippen LogP contribution in [0.1, 0.15) is 13.3 Å². The van der Waals surface area contributed by atoms with E-state index in [4.69, 9.17) is 11.6 Å². The van der Waals surface area contributed by atoms with Crippen molar-refractivity contribution in [2.45, 2.75) is 29.8 Å². The van der Waals surface area contributed by atoms with Gasteiger partial charge in [-0.05, 0) is 25.1 Å². The Morgan fingerprint density at radius 1 is 1.54 bits per heavy atom. The Hall–Kier alpha value is -0.610. The molecule has 2 aliphatic rings. The van der Waals surface area contributed by atoms with Gasteiger partial charge in [-0.1, -0.05) is 23.4 Å². The number of fused-ring (bicyclic) bond motifs is 2. The largest absolute Gasteiger partial charge is 1.00 e. The summed E-state index contributed by atoms with van der Waals surface area (Å²) in [6, 6.07) is 5.06. The van der Waals surface area contributed by atoms with Crippen LogP contribution in [0.5, 0.6) is 0 Å². The number of halogens is 1. The molecule has 0 unspecified atom stereocenters. The van der Waals surface area contributed by atoms with Gasteiger partial charge in [0.05, 0.1) is 39.9 Å². The van der Waals surface area contributed by atoms with Crippen LogP contribution in [0.3, 0.4) is 0 Å². The minimum Gasteiger partial charge on any atom is -0.543 e. The third kappa shape index (κ3) is 3.22. The number of thiazole rings is 1. The number of hydrogen-bond donors (Lipinski definition) is 1. The maximum absolute atomic E-state index is 12.2. The quantitative estimate of drug-likeness (QED) is 0.486. The number of thioether (sulfide) groups is 1. The van der Waals surface area contributed by atoms with Gasteiger partial charge in [0.2, 0.25) is 5.91 Å². The van der Waals surface area contributed by atoms with Crippen LogP contribution >= 0.6 is 34.7 Å². The van der Waals surface area contributed by atoms with Gasteiger partial charge in [0.1, 0.15) is 0 Å². The number of aliphatic carboxylic acids is 1. The fraction of sp³-hybridized carbons (Fsp3) is 0.312. The maximum atomic E-state index is 12.2. The molecule has 4 rings (SSSR count). The summed E-state index contributed by atoms with van der Waals surface area (Å²) in [5.41, 5.74) is 0.643. The van der Waals surface area contributed by atoms with Crippen LogP contribution in [0, 0.1) is 5.92 Å². The first-order valence-electron chi connectivity index (χ1n) is 7.56. The number of aromatic nitrogens is 1. The Labute approximate surface area is 184 Å². The molecular formula is C16H12ClN2NaO4S2. The summed E-state index contributed by atoms with van der Waals surface area (Å²) in [6.07, 6.45) is -0.433. The van der Waals surface area contributed by atoms with Crippen LogP contribution < -0.4 is 34.7 Å². The Kier molecular flexibility index (Phi) is 5.75. The number of hydrogen-bond acceptors (Lipinski definition) is 7. The summed E-state index contributed by atoms with van der Waals surface area (Å²) in [7, 11) is 0. The standard InChI is InChI=1S/C16H13ClN2O4S2.Na/c1-6(20)12-9-5-11(13(15(22)23)19(9)14(12)21)25-16-18-8-4-7(17)2-3-10(8)24-16;/h2-4,6,9,12,20H,5H2,1H3,(H,22,23);/q;+1/p-1/t6-,9-,12-;/m1./s1. The van der Waals surface area contributed by atoms with Crippen molar-refractivity contribution in [3.8, 4) is 0 Å². The SMILES string of the molecule is C[C@@H](O)[C@H]1C(=O)N2C(C(=O)[O-])=C(Sc3nc4cc(Cl)ccc4s3)C[C@H]12.[Na+]. The third-order valence-corrected chi connectivity index (χ3v) is 6.86. The maximum Gasteiger partial charge on any atom is 1.00 e. The summed E-state index contributed by atoms with van der Waals surface area (Å²) in [5.74, 6) is -2.32. The molecule has 1 N–H and O–H groups in total. The van der Waals surface area contributed by atoms with Crippen molar-refractivity contribution >= 4 is 56.8 Å². The Morgan fingerprint density at radius 3 is 2.92 bits per heavy atom. The van der Waals surface area contributed by atoms with E-state index in [9.17, 15) is 19.8 Å². The molecule has 26 heavy (non-hydrogen) atoms. The van der Waals surface area contributed by atoms with Gasteiger partial charge >= 0.3 is 29.6 Å². The number of aliphatic hydroxyl groups is 1. The molecule has 1 amide bonds. The molecule has 1 saturated heterocycles. The number of benzene rings is 1. The van der Waals surface area contributed by atoms with Crippen LogP contribution in [0.2, 0.25) is 5.02 Å². The topological polar surface area (TPSA) is 93.6 Å². The molecule has 6 nitrogen and oxygen atoms in total. The molecule has 3 heterocycles.